The number of carbonyl (C=O) groups excluding carboxylic acids is 2. The van der Waals surface area contributed by atoms with Gasteiger partial charge in [0.1, 0.15) is 0 Å². The Bertz CT molecular complexity index is 979. The highest BCUT2D eigenvalue weighted by atomic mass is 32.2. The average Bonchev–Trinajstić information content (AvgIpc) is 2.60. The SMILES string of the molecule is Cc1cc(C)cc(C(=O)O[C@@H](C)C(=O)Nc2cccc(S(=O)(=O)N(C)C)c2)c1. The normalized spacial score (nSPS) is 12.5. The van der Waals surface area contributed by atoms with Gasteiger partial charge in [0.15, 0.2) is 6.10 Å². The number of ether oxygens (including phenoxy) is 1. The first-order valence-corrected chi connectivity index (χ1v) is 10.1. The van der Waals surface area contributed by atoms with E-state index in [9.17, 15) is 18.0 Å². The molecule has 0 bridgehead atoms. The van der Waals surface area contributed by atoms with Crippen molar-refractivity contribution in [1.29, 1.82) is 0 Å². The molecule has 0 radical (unpaired) electrons. The summed E-state index contributed by atoms with van der Waals surface area (Å²) in [6, 6.07) is 11.2. The Balaban J connectivity index is 2.09. The number of aryl methyl sites for hydroxylation is 2. The zero-order chi connectivity index (χ0) is 21.1. The highest BCUT2D eigenvalue weighted by Gasteiger charge is 2.21. The predicted molar refractivity (Wildman–Crippen MR) is 107 cm³/mol. The van der Waals surface area contributed by atoms with E-state index in [0.717, 1.165) is 15.4 Å². The van der Waals surface area contributed by atoms with Crippen molar-refractivity contribution < 1.29 is 22.7 Å². The first-order chi connectivity index (χ1) is 13.0. The van der Waals surface area contributed by atoms with Crippen LogP contribution in [-0.4, -0.2) is 44.8 Å². The highest BCUT2D eigenvalue weighted by molar-refractivity contribution is 7.89. The van der Waals surface area contributed by atoms with Crippen LogP contribution in [0.3, 0.4) is 0 Å². The van der Waals surface area contributed by atoms with Gasteiger partial charge in [-0.2, -0.15) is 0 Å². The minimum absolute atomic E-state index is 0.0511. The standard InChI is InChI=1S/C20H24N2O5S/c1-13-9-14(2)11-16(10-13)20(24)27-15(3)19(23)21-17-7-6-8-18(12-17)28(25,26)22(4)5/h6-12,15H,1-5H3,(H,21,23)/t15-/m0/s1. The van der Waals surface area contributed by atoms with Gasteiger partial charge in [0.05, 0.1) is 10.5 Å². The van der Waals surface area contributed by atoms with Gasteiger partial charge in [0.2, 0.25) is 10.0 Å². The van der Waals surface area contributed by atoms with Gasteiger partial charge in [0, 0.05) is 19.8 Å². The van der Waals surface area contributed by atoms with Gasteiger partial charge in [0.25, 0.3) is 5.91 Å². The molecule has 0 spiro atoms. The number of nitrogens with one attached hydrogen (secondary N) is 1. The van der Waals surface area contributed by atoms with Crippen molar-refractivity contribution in [2.24, 2.45) is 0 Å². The summed E-state index contributed by atoms with van der Waals surface area (Å²) in [5, 5.41) is 2.57. The van der Waals surface area contributed by atoms with Crippen LogP contribution in [0, 0.1) is 13.8 Å². The fraction of sp³-hybridized carbons (Fsp3) is 0.300. The monoisotopic (exact) mass is 404 g/mol. The Morgan fingerprint density at radius 3 is 2.21 bits per heavy atom. The molecular formula is C20H24N2O5S. The van der Waals surface area contributed by atoms with Crippen LogP contribution in [-0.2, 0) is 19.6 Å². The zero-order valence-corrected chi connectivity index (χ0v) is 17.3. The van der Waals surface area contributed by atoms with E-state index < -0.39 is 28.0 Å². The molecule has 0 fully saturated rings. The number of sulfonamides is 1. The van der Waals surface area contributed by atoms with Crippen LogP contribution >= 0.6 is 0 Å². The van der Waals surface area contributed by atoms with Gasteiger partial charge in [-0.1, -0.05) is 23.3 Å². The molecule has 28 heavy (non-hydrogen) atoms. The van der Waals surface area contributed by atoms with E-state index in [1.807, 2.05) is 19.9 Å². The quantitative estimate of drug-likeness (QED) is 0.748. The van der Waals surface area contributed by atoms with E-state index in [2.05, 4.69) is 5.32 Å². The molecule has 0 aliphatic carbocycles. The summed E-state index contributed by atoms with van der Waals surface area (Å²) in [6.45, 7) is 5.19. The molecule has 0 aliphatic heterocycles. The van der Waals surface area contributed by atoms with Crippen LogP contribution in [0.25, 0.3) is 0 Å². The largest absolute Gasteiger partial charge is 0.449 e. The molecule has 0 saturated heterocycles. The topological polar surface area (TPSA) is 92.8 Å². The van der Waals surface area contributed by atoms with Crippen molar-refractivity contribution in [3.63, 3.8) is 0 Å². The summed E-state index contributed by atoms with van der Waals surface area (Å²) in [6.07, 6.45) is -1.05. The number of nitrogens with zero attached hydrogens (tertiary/aromatic N) is 1. The molecule has 0 aliphatic rings. The molecule has 150 valence electrons. The molecule has 1 atom stereocenters. The number of hydrogen-bond donors (Lipinski definition) is 1. The lowest BCUT2D eigenvalue weighted by molar-refractivity contribution is -0.123. The lowest BCUT2D eigenvalue weighted by Crippen LogP contribution is -2.30. The maximum atomic E-state index is 12.4. The Morgan fingerprint density at radius 1 is 1.04 bits per heavy atom. The Hall–Kier alpha value is -2.71. The third-order valence-corrected chi connectivity index (χ3v) is 5.80. The summed E-state index contributed by atoms with van der Waals surface area (Å²) in [7, 11) is -0.771. The molecule has 1 N–H and O–H groups in total. The zero-order valence-electron chi connectivity index (χ0n) is 16.5. The second kappa shape index (κ2) is 8.53. The van der Waals surface area contributed by atoms with Crippen molar-refractivity contribution in [3.05, 3.63) is 59.2 Å². The molecule has 8 heteroatoms. The van der Waals surface area contributed by atoms with Crippen molar-refractivity contribution in [1.82, 2.24) is 4.31 Å². The number of esters is 1. The number of carbonyl (C=O) groups is 2. The highest BCUT2D eigenvalue weighted by Crippen LogP contribution is 2.18. The second-order valence-corrected chi connectivity index (χ2v) is 8.88. The van der Waals surface area contributed by atoms with E-state index in [1.54, 1.807) is 18.2 Å². The first kappa shape index (κ1) is 21.6. The van der Waals surface area contributed by atoms with Gasteiger partial charge >= 0.3 is 5.97 Å². The van der Waals surface area contributed by atoms with Crippen LogP contribution < -0.4 is 5.32 Å². The average molecular weight is 404 g/mol. The fourth-order valence-electron chi connectivity index (χ4n) is 2.56. The molecule has 2 rings (SSSR count). The molecule has 0 saturated carbocycles. The smallest absolute Gasteiger partial charge is 0.338 e. The summed E-state index contributed by atoms with van der Waals surface area (Å²) < 4.78 is 30.7. The number of rotatable bonds is 6. The summed E-state index contributed by atoms with van der Waals surface area (Å²) >= 11 is 0. The molecule has 0 unspecified atom stereocenters. The lowest BCUT2D eigenvalue weighted by Gasteiger charge is -2.15. The van der Waals surface area contributed by atoms with Crippen LogP contribution in [0.5, 0.6) is 0 Å². The molecule has 1 amide bonds. The van der Waals surface area contributed by atoms with Crippen molar-refractivity contribution in [2.75, 3.05) is 19.4 Å². The molecular weight excluding hydrogens is 380 g/mol. The van der Waals surface area contributed by atoms with Crippen LogP contribution in [0.2, 0.25) is 0 Å². The third-order valence-electron chi connectivity index (χ3n) is 3.99. The minimum Gasteiger partial charge on any atom is -0.449 e. The van der Waals surface area contributed by atoms with E-state index in [1.165, 1.54) is 39.2 Å². The van der Waals surface area contributed by atoms with Crippen LogP contribution in [0.15, 0.2) is 47.4 Å². The number of anilines is 1. The van der Waals surface area contributed by atoms with Gasteiger partial charge in [-0.3, -0.25) is 4.79 Å². The number of amides is 1. The third kappa shape index (κ3) is 5.17. The maximum Gasteiger partial charge on any atom is 0.338 e. The van der Waals surface area contributed by atoms with Gasteiger partial charge in [-0.15, -0.1) is 0 Å². The molecule has 0 heterocycles. The van der Waals surface area contributed by atoms with Crippen molar-refractivity contribution in [3.8, 4) is 0 Å². The Kier molecular flexibility index (Phi) is 6.58. The first-order valence-electron chi connectivity index (χ1n) is 8.63. The predicted octanol–water partition coefficient (Wildman–Crippen LogP) is 2.74. The molecule has 2 aromatic carbocycles. The maximum absolute atomic E-state index is 12.4. The van der Waals surface area contributed by atoms with Crippen molar-refractivity contribution in [2.45, 2.75) is 31.8 Å². The van der Waals surface area contributed by atoms with Crippen LogP contribution in [0.4, 0.5) is 5.69 Å². The Morgan fingerprint density at radius 2 is 1.64 bits per heavy atom. The summed E-state index contributed by atoms with van der Waals surface area (Å²) in [4.78, 5) is 24.7. The molecule has 2 aromatic rings. The minimum atomic E-state index is -3.62. The van der Waals surface area contributed by atoms with Gasteiger partial charge in [-0.25, -0.2) is 17.5 Å². The summed E-state index contributed by atoms with van der Waals surface area (Å²) in [5.74, 6) is -1.16. The van der Waals surface area contributed by atoms with E-state index in [0.29, 0.717) is 11.3 Å². The fourth-order valence-corrected chi connectivity index (χ4v) is 3.51. The van der Waals surface area contributed by atoms with E-state index in [-0.39, 0.29) is 4.90 Å². The summed E-state index contributed by atoms with van der Waals surface area (Å²) in [5.41, 5.74) is 2.50. The van der Waals surface area contributed by atoms with Gasteiger partial charge in [-0.05, 0) is 51.1 Å². The van der Waals surface area contributed by atoms with E-state index >= 15 is 0 Å². The molecule has 0 aromatic heterocycles. The van der Waals surface area contributed by atoms with Gasteiger partial charge < -0.3 is 10.1 Å². The Labute approximate surface area is 165 Å². The van der Waals surface area contributed by atoms with Crippen LogP contribution in [0.1, 0.15) is 28.4 Å². The number of hydrogen-bond acceptors (Lipinski definition) is 5. The van der Waals surface area contributed by atoms with Crippen molar-refractivity contribution >= 4 is 27.6 Å². The number of benzene rings is 2. The lowest BCUT2D eigenvalue weighted by atomic mass is 10.1. The second-order valence-electron chi connectivity index (χ2n) is 6.73. The molecule has 7 nitrogen and oxygen atoms in total. The van der Waals surface area contributed by atoms with E-state index in [4.69, 9.17) is 4.74 Å².